The van der Waals surface area contributed by atoms with E-state index in [0.717, 1.165) is 28.1 Å². The first-order valence-electron chi connectivity index (χ1n) is 7.64. The molecule has 0 saturated heterocycles. The molecule has 24 heavy (non-hydrogen) atoms. The van der Waals surface area contributed by atoms with E-state index in [9.17, 15) is 4.79 Å². The van der Waals surface area contributed by atoms with Crippen LogP contribution >= 0.6 is 0 Å². The summed E-state index contributed by atoms with van der Waals surface area (Å²) in [6.07, 6.45) is 3.48. The van der Waals surface area contributed by atoms with Crippen molar-refractivity contribution in [2.45, 2.75) is 13.8 Å². The van der Waals surface area contributed by atoms with Gasteiger partial charge in [0.15, 0.2) is 5.78 Å². The Morgan fingerprint density at radius 2 is 1.79 bits per heavy atom. The monoisotopic (exact) mass is 312 g/mol. The van der Waals surface area contributed by atoms with Crippen molar-refractivity contribution >= 4 is 5.78 Å². The highest BCUT2D eigenvalue weighted by Gasteiger charge is 2.02. The molecule has 0 saturated carbocycles. The smallest absolute Gasteiger partial charge is 0.159 e. The van der Waals surface area contributed by atoms with E-state index in [4.69, 9.17) is 0 Å². The number of aryl methyl sites for hydroxylation is 1. The Balaban J connectivity index is 1.87. The normalized spacial score (nSPS) is 9.92. The molecule has 0 amide bonds. The highest BCUT2D eigenvalue weighted by molar-refractivity contribution is 5.94. The van der Waals surface area contributed by atoms with Crippen molar-refractivity contribution in [1.82, 2.24) is 9.97 Å². The molecule has 0 fully saturated rings. The molecule has 3 heteroatoms. The van der Waals surface area contributed by atoms with Crippen molar-refractivity contribution in [2.75, 3.05) is 0 Å². The molecule has 0 radical (unpaired) electrons. The second kappa shape index (κ2) is 6.89. The lowest BCUT2D eigenvalue weighted by molar-refractivity contribution is 0.101. The maximum absolute atomic E-state index is 11.5. The fraction of sp³-hybridized carbons (Fsp3) is 0.0952. The molecule has 0 bridgehead atoms. The number of Topliss-reactive ketones (excluding diaryl/α,β-unsaturated/α-hetero) is 1. The number of aromatic nitrogens is 2. The Morgan fingerprint density at radius 3 is 2.46 bits per heavy atom. The summed E-state index contributed by atoms with van der Waals surface area (Å²) in [5.41, 5.74) is 5.05. The largest absolute Gasteiger partial charge is 0.295 e. The molecule has 0 spiro atoms. The van der Waals surface area contributed by atoms with E-state index >= 15 is 0 Å². The summed E-state index contributed by atoms with van der Waals surface area (Å²) < 4.78 is 0. The molecule has 0 atom stereocenters. The van der Waals surface area contributed by atoms with Crippen molar-refractivity contribution in [3.63, 3.8) is 0 Å². The average molecular weight is 312 g/mol. The van der Waals surface area contributed by atoms with Gasteiger partial charge in [-0.1, -0.05) is 30.0 Å². The molecule has 0 unspecified atom stereocenters. The van der Waals surface area contributed by atoms with Crippen LogP contribution in [0.3, 0.4) is 0 Å². The molecule has 3 rings (SSSR count). The summed E-state index contributed by atoms with van der Waals surface area (Å²) in [6.45, 7) is 3.54. The first kappa shape index (κ1) is 15.6. The Hall–Kier alpha value is -3.25. The molecule has 0 N–H and O–H groups in total. The zero-order valence-electron chi connectivity index (χ0n) is 13.6. The van der Waals surface area contributed by atoms with Crippen molar-refractivity contribution in [3.05, 3.63) is 83.2 Å². The van der Waals surface area contributed by atoms with Crippen molar-refractivity contribution < 1.29 is 4.79 Å². The summed E-state index contributed by atoms with van der Waals surface area (Å²) in [7, 11) is 0. The summed E-state index contributed by atoms with van der Waals surface area (Å²) in [4.78, 5) is 20.2. The summed E-state index contributed by atoms with van der Waals surface area (Å²) in [6, 6.07) is 15.1. The molecular weight excluding hydrogens is 296 g/mol. The summed E-state index contributed by atoms with van der Waals surface area (Å²) in [5, 5.41) is 0. The Kier molecular flexibility index (Phi) is 4.49. The summed E-state index contributed by atoms with van der Waals surface area (Å²) >= 11 is 0. The van der Waals surface area contributed by atoms with Crippen LogP contribution in [0.1, 0.15) is 34.0 Å². The maximum atomic E-state index is 11.5. The van der Waals surface area contributed by atoms with E-state index in [2.05, 4.69) is 21.8 Å². The van der Waals surface area contributed by atoms with Gasteiger partial charge in [-0.15, -0.1) is 0 Å². The minimum Gasteiger partial charge on any atom is -0.295 e. The van der Waals surface area contributed by atoms with Gasteiger partial charge in [0.1, 0.15) is 0 Å². The Morgan fingerprint density at radius 1 is 0.958 bits per heavy atom. The maximum Gasteiger partial charge on any atom is 0.159 e. The van der Waals surface area contributed by atoms with E-state index in [1.165, 1.54) is 0 Å². The lowest BCUT2D eigenvalue weighted by Crippen LogP contribution is -1.94. The quantitative estimate of drug-likeness (QED) is 0.529. The van der Waals surface area contributed by atoms with Crippen LogP contribution in [-0.4, -0.2) is 15.8 Å². The van der Waals surface area contributed by atoms with Gasteiger partial charge in [0.25, 0.3) is 0 Å². The van der Waals surface area contributed by atoms with Crippen LogP contribution in [0.15, 0.2) is 60.9 Å². The number of rotatable bonds is 2. The third-order valence-electron chi connectivity index (χ3n) is 3.68. The van der Waals surface area contributed by atoms with Crippen molar-refractivity contribution in [1.29, 1.82) is 0 Å². The lowest BCUT2D eigenvalue weighted by Gasteiger charge is -2.01. The SMILES string of the molecule is CC(=O)c1ccc(C)c(C#Cc2ccc(-c3ccccn3)nc2)c1. The fourth-order valence-electron chi connectivity index (χ4n) is 2.25. The molecule has 0 aliphatic heterocycles. The van der Waals surface area contributed by atoms with Crippen molar-refractivity contribution in [2.24, 2.45) is 0 Å². The van der Waals surface area contributed by atoms with Crippen LogP contribution in [0, 0.1) is 18.8 Å². The minimum atomic E-state index is 0.0411. The predicted octanol–water partition coefficient (Wildman–Crippen LogP) is 4.05. The van der Waals surface area contributed by atoms with Gasteiger partial charge in [0.05, 0.1) is 11.4 Å². The Bertz CT molecular complexity index is 933. The number of nitrogens with zero attached hydrogens (tertiary/aromatic N) is 2. The number of carbonyl (C=O) groups excluding carboxylic acids is 1. The summed E-state index contributed by atoms with van der Waals surface area (Å²) in [5.74, 6) is 6.27. The van der Waals surface area contributed by atoms with Crippen LogP contribution in [0.4, 0.5) is 0 Å². The number of hydrogen-bond donors (Lipinski definition) is 0. The average Bonchev–Trinajstić information content (AvgIpc) is 2.62. The highest BCUT2D eigenvalue weighted by atomic mass is 16.1. The zero-order valence-corrected chi connectivity index (χ0v) is 13.6. The van der Waals surface area contributed by atoms with E-state index in [0.29, 0.717) is 5.56 Å². The second-order valence-corrected chi connectivity index (χ2v) is 5.48. The molecule has 3 aromatic rings. The number of ketones is 1. The molecule has 116 valence electrons. The predicted molar refractivity (Wildman–Crippen MR) is 94.6 cm³/mol. The van der Waals surface area contributed by atoms with Crippen molar-refractivity contribution in [3.8, 4) is 23.2 Å². The van der Waals surface area contributed by atoms with Gasteiger partial charge in [-0.25, -0.2) is 0 Å². The Labute approximate surface area is 141 Å². The molecule has 0 aliphatic rings. The van der Waals surface area contributed by atoms with Gasteiger partial charge in [0.2, 0.25) is 0 Å². The van der Waals surface area contributed by atoms with Crippen LogP contribution in [0.2, 0.25) is 0 Å². The molecule has 3 nitrogen and oxygen atoms in total. The van der Waals surface area contributed by atoms with E-state index in [1.807, 2.05) is 55.5 Å². The third kappa shape index (κ3) is 3.56. The minimum absolute atomic E-state index is 0.0411. The van der Waals surface area contributed by atoms with Crippen LogP contribution in [-0.2, 0) is 0 Å². The van der Waals surface area contributed by atoms with Crippen LogP contribution in [0.25, 0.3) is 11.4 Å². The molecule has 2 heterocycles. The topological polar surface area (TPSA) is 42.9 Å². The number of hydrogen-bond acceptors (Lipinski definition) is 3. The van der Waals surface area contributed by atoms with E-state index in [1.54, 1.807) is 19.3 Å². The highest BCUT2D eigenvalue weighted by Crippen LogP contribution is 2.14. The molecule has 2 aromatic heterocycles. The van der Waals surface area contributed by atoms with Gasteiger partial charge in [-0.05, 0) is 49.7 Å². The first-order chi connectivity index (χ1) is 11.6. The standard InChI is InChI=1S/C21H16N2O/c1-15-6-9-19(16(2)24)13-18(15)10-7-17-8-11-21(23-14-17)20-5-3-4-12-22-20/h3-6,8-9,11-14H,1-2H3. The van der Waals surface area contributed by atoms with Gasteiger partial charge in [-0.3, -0.25) is 14.8 Å². The number of benzene rings is 1. The fourth-order valence-corrected chi connectivity index (χ4v) is 2.25. The third-order valence-corrected chi connectivity index (χ3v) is 3.68. The van der Waals surface area contributed by atoms with E-state index in [-0.39, 0.29) is 5.78 Å². The number of pyridine rings is 2. The van der Waals surface area contributed by atoms with Gasteiger partial charge in [0, 0.05) is 29.1 Å². The van der Waals surface area contributed by atoms with Gasteiger partial charge >= 0.3 is 0 Å². The molecule has 1 aromatic carbocycles. The van der Waals surface area contributed by atoms with Gasteiger partial charge < -0.3 is 0 Å². The zero-order chi connectivity index (χ0) is 16.9. The van der Waals surface area contributed by atoms with E-state index < -0.39 is 0 Å². The molecule has 0 aliphatic carbocycles. The van der Waals surface area contributed by atoms with Gasteiger partial charge in [-0.2, -0.15) is 0 Å². The van der Waals surface area contributed by atoms with Crippen LogP contribution in [0.5, 0.6) is 0 Å². The molecular formula is C21H16N2O. The first-order valence-corrected chi connectivity index (χ1v) is 7.64. The number of carbonyl (C=O) groups is 1. The lowest BCUT2D eigenvalue weighted by atomic mass is 10.0. The van der Waals surface area contributed by atoms with Crippen LogP contribution < -0.4 is 0 Å². The second-order valence-electron chi connectivity index (χ2n) is 5.48.